The summed E-state index contributed by atoms with van der Waals surface area (Å²) in [7, 11) is 0. The summed E-state index contributed by atoms with van der Waals surface area (Å²) in [6.45, 7) is 2.00. The lowest BCUT2D eigenvalue weighted by molar-refractivity contribution is 0.402. The predicted octanol–water partition coefficient (Wildman–Crippen LogP) is 5.62. The van der Waals surface area contributed by atoms with E-state index >= 15 is 0 Å². The van der Waals surface area contributed by atoms with Gasteiger partial charge in [-0.25, -0.2) is 19.2 Å². The van der Waals surface area contributed by atoms with E-state index in [1.54, 1.807) is 23.2 Å². The molecule has 174 valence electrons. The van der Waals surface area contributed by atoms with Crippen molar-refractivity contribution in [2.75, 3.05) is 0 Å². The van der Waals surface area contributed by atoms with E-state index in [1.807, 2.05) is 78.3 Å². The minimum absolute atomic E-state index is 0.232. The van der Waals surface area contributed by atoms with Gasteiger partial charge in [-0.1, -0.05) is 41.9 Å². The Morgan fingerprint density at radius 3 is 2.44 bits per heavy atom. The molecule has 0 fully saturated rings. The zero-order valence-corrected chi connectivity index (χ0v) is 19.8. The number of nitrogens with zero attached hydrogens (tertiary/aromatic N) is 7. The fourth-order valence-electron chi connectivity index (χ4n) is 4.73. The number of hydrogen-bond donors (Lipinski definition) is 0. The van der Waals surface area contributed by atoms with Gasteiger partial charge in [-0.15, -0.1) is 5.10 Å². The van der Waals surface area contributed by atoms with Gasteiger partial charge in [0.05, 0.1) is 28.4 Å². The molecular formula is C27H18ClN7O. The van der Waals surface area contributed by atoms with Gasteiger partial charge in [0.2, 0.25) is 11.8 Å². The number of aryl methyl sites for hydroxylation is 1. The van der Waals surface area contributed by atoms with Crippen LogP contribution in [0.5, 0.6) is 11.8 Å². The summed E-state index contributed by atoms with van der Waals surface area (Å²) in [5.41, 5.74) is 6.12. The minimum atomic E-state index is -0.232. The number of halogens is 1. The number of hydrogen-bond acceptors (Lipinski definition) is 6. The maximum absolute atomic E-state index is 6.45. The largest absolute Gasteiger partial charge is 0.420 e. The summed E-state index contributed by atoms with van der Waals surface area (Å²) in [6.07, 6.45) is 5.08. The average molecular weight is 492 g/mol. The molecule has 0 aliphatic carbocycles. The Kier molecular flexibility index (Phi) is 4.62. The van der Waals surface area contributed by atoms with Crippen LogP contribution in [0.1, 0.15) is 28.3 Å². The molecule has 4 aromatic heterocycles. The Morgan fingerprint density at radius 2 is 1.67 bits per heavy atom. The van der Waals surface area contributed by atoms with Crippen molar-refractivity contribution in [3.05, 3.63) is 113 Å². The van der Waals surface area contributed by atoms with Crippen molar-refractivity contribution in [1.29, 1.82) is 0 Å². The summed E-state index contributed by atoms with van der Waals surface area (Å²) in [5, 5.41) is 10.2. The number of pyridine rings is 1. The molecule has 5 heterocycles. The quantitative estimate of drug-likeness (QED) is 0.319. The van der Waals surface area contributed by atoms with E-state index in [1.165, 1.54) is 0 Å². The number of benzene rings is 2. The van der Waals surface area contributed by atoms with Gasteiger partial charge in [0.25, 0.3) is 0 Å². The van der Waals surface area contributed by atoms with Crippen molar-refractivity contribution in [2.45, 2.75) is 12.8 Å². The highest BCUT2D eigenvalue weighted by Crippen LogP contribution is 2.49. The van der Waals surface area contributed by atoms with Gasteiger partial charge in [-0.3, -0.25) is 4.98 Å². The Hall–Kier alpha value is -4.56. The molecule has 9 heteroatoms. The van der Waals surface area contributed by atoms with Crippen LogP contribution >= 0.6 is 11.6 Å². The number of ether oxygens (including phenoxy) is 1. The second-order valence-corrected chi connectivity index (χ2v) is 8.98. The molecule has 0 saturated heterocycles. The first-order chi connectivity index (χ1) is 17.7. The van der Waals surface area contributed by atoms with Crippen molar-refractivity contribution in [1.82, 2.24) is 34.3 Å². The Balaban J connectivity index is 1.50. The lowest BCUT2D eigenvalue weighted by Gasteiger charge is -2.26. The third-order valence-electron chi connectivity index (χ3n) is 6.36. The molecule has 2 aromatic carbocycles. The van der Waals surface area contributed by atoms with E-state index in [-0.39, 0.29) is 5.92 Å². The first-order valence-electron chi connectivity index (χ1n) is 11.4. The molecule has 6 aromatic rings. The maximum atomic E-state index is 6.45. The molecule has 0 N–H and O–H groups in total. The summed E-state index contributed by atoms with van der Waals surface area (Å²) in [5.74, 6) is 1.46. The molecule has 7 rings (SSSR count). The minimum Gasteiger partial charge on any atom is -0.420 e. The predicted molar refractivity (Wildman–Crippen MR) is 135 cm³/mol. The van der Waals surface area contributed by atoms with Gasteiger partial charge in [0.15, 0.2) is 11.5 Å². The standard InChI is InChI=1S/C27H18ClN7O/c1-16-21-22(17-7-9-19(28)10-8-17)23-25-31-24(18-11-13-29-14-12-18)33-34(25)15-30-26(23)36-27(21)35(32-16)20-5-3-2-4-6-20/h2-15,22H,1H3/t22-/m0/s1. The van der Waals surface area contributed by atoms with Crippen LogP contribution in [0, 0.1) is 6.92 Å². The van der Waals surface area contributed by atoms with Gasteiger partial charge < -0.3 is 4.74 Å². The molecule has 1 atom stereocenters. The van der Waals surface area contributed by atoms with Crippen LogP contribution in [0.15, 0.2) is 85.5 Å². The number of para-hydroxylation sites is 1. The van der Waals surface area contributed by atoms with Gasteiger partial charge in [-0.05, 0) is 48.9 Å². The van der Waals surface area contributed by atoms with Gasteiger partial charge in [-0.2, -0.15) is 5.10 Å². The topological polar surface area (TPSA) is 83.0 Å². The molecule has 0 bridgehead atoms. The molecule has 0 amide bonds. The van der Waals surface area contributed by atoms with Gasteiger partial charge in [0, 0.05) is 23.0 Å². The van der Waals surface area contributed by atoms with Crippen molar-refractivity contribution in [2.24, 2.45) is 0 Å². The van der Waals surface area contributed by atoms with Crippen molar-refractivity contribution >= 4 is 17.2 Å². The lowest BCUT2D eigenvalue weighted by Crippen LogP contribution is -2.16. The maximum Gasteiger partial charge on any atom is 0.230 e. The number of fused-ring (bicyclic) bond motifs is 4. The fraction of sp³-hybridized carbons (Fsp3) is 0.0741. The second-order valence-electron chi connectivity index (χ2n) is 8.54. The van der Waals surface area contributed by atoms with Crippen LogP contribution in [0.3, 0.4) is 0 Å². The summed E-state index contributed by atoms with van der Waals surface area (Å²) in [4.78, 5) is 13.7. The van der Waals surface area contributed by atoms with Gasteiger partial charge in [0.1, 0.15) is 6.33 Å². The second kappa shape index (κ2) is 8.00. The van der Waals surface area contributed by atoms with Crippen LogP contribution < -0.4 is 4.74 Å². The van der Waals surface area contributed by atoms with Gasteiger partial charge >= 0.3 is 0 Å². The smallest absolute Gasteiger partial charge is 0.230 e. The number of aromatic nitrogens is 7. The van der Waals surface area contributed by atoms with Crippen molar-refractivity contribution in [3.8, 4) is 28.8 Å². The molecule has 1 aliphatic heterocycles. The highest BCUT2D eigenvalue weighted by atomic mass is 35.5. The Bertz CT molecular complexity index is 1730. The normalized spacial score (nSPS) is 14.3. The van der Waals surface area contributed by atoms with Crippen LogP contribution in [0.4, 0.5) is 0 Å². The molecule has 0 radical (unpaired) electrons. The van der Waals surface area contributed by atoms with E-state index in [0.29, 0.717) is 28.3 Å². The molecule has 0 saturated carbocycles. The van der Waals surface area contributed by atoms with E-state index in [2.05, 4.69) is 15.1 Å². The number of rotatable bonds is 3. The third kappa shape index (κ3) is 3.19. The first-order valence-corrected chi connectivity index (χ1v) is 11.8. The average Bonchev–Trinajstić information content (AvgIpc) is 3.50. The third-order valence-corrected chi connectivity index (χ3v) is 6.61. The van der Waals surface area contributed by atoms with Crippen LogP contribution in [0.25, 0.3) is 22.7 Å². The summed E-state index contributed by atoms with van der Waals surface area (Å²) >= 11 is 6.25. The van der Waals surface area contributed by atoms with E-state index in [0.717, 1.165) is 33.6 Å². The molecule has 36 heavy (non-hydrogen) atoms. The highest BCUT2D eigenvalue weighted by molar-refractivity contribution is 6.30. The first kappa shape index (κ1) is 20.8. The zero-order valence-electron chi connectivity index (χ0n) is 19.1. The van der Waals surface area contributed by atoms with E-state index < -0.39 is 0 Å². The Labute approximate surface area is 210 Å². The summed E-state index contributed by atoms with van der Waals surface area (Å²) in [6, 6.07) is 21.5. The fourth-order valence-corrected chi connectivity index (χ4v) is 4.86. The SMILES string of the molecule is Cc1nn(-c2ccccc2)c2c1[C@H](c1ccc(Cl)cc1)c1c(ncn3nc(-c4ccncc4)nc13)O2. The molecule has 0 unspecified atom stereocenters. The van der Waals surface area contributed by atoms with Crippen LogP contribution in [-0.2, 0) is 0 Å². The van der Waals surface area contributed by atoms with Crippen LogP contribution in [0.2, 0.25) is 5.02 Å². The van der Waals surface area contributed by atoms with E-state index in [9.17, 15) is 0 Å². The lowest BCUT2D eigenvalue weighted by atomic mass is 9.84. The van der Waals surface area contributed by atoms with E-state index in [4.69, 9.17) is 26.4 Å². The molecule has 1 aliphatic rings. The van der Waals surface area contributed by atoms with Crippen LogP contribution in [-0.4, -0.2) is 34.3 Å². The Morgan fingerprint density at radius 1 is 0.889 bits per heavy atom. The molecule has 8 nitrogen and oxygen atoms in total. The zero-order chi connectivity index (χ0) is 24.2. The molecule has 0 spiro atoms. The monoisotopic (exact) mass is 491 g/mol. The molecular weight excluding hydrogens is 474 g/mol. The highest BCUT2D eigenvalue weighted by Gasteiger charge is 2.38. The van der Waals surface area contributed by atoms with Crippen molar-refractivity contribution < 1.29 is 4.74 Å². The summed E-state index contributed by atoms with van der Waals surface area (Å²) < 4.78 is 9.98. The van der Waals surface area contributed by atoms with Crippen molar-refractivity contribution in [3.63, 3.8) is 0 Å².